The van der Waals surface area contributed by atoms with E-state index in [4.69, 9.17) is 0 Å². The van der Waals surface area contributed by atoms with Crippen molar-refractivity contribution in [1.82, 2.24) is 4.57 Å². The van der Waals surface area contributed by atoms with Crippen LogP contribution in [0.5, 0.6) is 0 Å². The zero-order valence-electron chi connectivity index (χ0n) is 35.8. The summed E-state index contributed by atoms with van der Waals surface area (Å²) < 4.78 is 1.76. The number of benzene rings is 9. The lowest BCUT2D eigenvalue weighted by Crippen LogP contribution is -2.10. The standard InChI is InChI=1S/C61H44N4/c62-43-63-60-39-37-56(64(52-29-21-48(22-30-52)44-13-5-1-6-14-44)53-31-23-49(24-32-53)45-15-7-2-8-16-45)41-58(60)59-42-57(38-40-61(59)63)65(54-33-25-50(26-34-54)46-17-9-3-10-18-46)55-35-27-51(28-36-55)47-19-11-4-12-20-47/h1-3,5-11,13-42H,4,12H2. The highest BCUT2D eigenvalue weighted by atomic mass is 15.1. The van der Waals surface area contributed by atoms with Gasteiger partial charge in [-0.3, -0.25) is 0 Å². The molecule has 0 bridgehead atoms. The van der Waals surface area contributed by atoms with Crippen molar-refractivity contribution in [3.8, 4) is 39.6 Å². The van der Waals surface area contributed by atoms with E-state index < -0.39 is 0 Å². The summed E-state index contributed by atoms with van der Waals surface area (Å²) in [6.07, 6.45) is 11.4. The zero-order chi connectivity index (χ0) is 43.5. The molecular formula is C61H44N4. The smallest absolute Gasteiger partial charge is 0.189 e. The maximum absolute atomic E-state index is 10.7. The van der Waals surface area contributed by atoms with Crippen LogP contribution in [0.25, 0.3) is 60.8 Å². The third-order valence-corrected chi connectivity index (χ3v) is 12.5. The number of nitrogens with zero attached hydrogens (tertiary/aromatic N) is 4. The Morgan fingerprint density at radius 3 is 1.03 bits per heavy atom. The first-order valence-corrected chi connectivity index (χ1v) is 22.2. The van der Waals surface area contributed by atoms with Gasteiger partial charge in [-0.1, -0.05) is 158 Å². The van der Waals surface area contributed by atoms with Crippen molar-refractivity contribution in [1.29, 1.82) is 5.26 Å². The van der Waals surface area contributed by atoms with Crippen molar-refractivity contribution >= 4 is 61.5 Å². The Labute approximate surface area is 380 Å². The Hall–Kier alpha value is -8.65. The molecule has 308 valence electrons. The molecule has 1 heterocycles. The van der Waals surface area contributed by atoms with Crippen molar-refractivity contribution in [2.24, 2.45) is 0 Å². The van der Waals surface area contributed by atoms with Crippen LogP contribution in [-0.2, 0) is 0 Å². The van der Waals surface area contributed by atoms with Crippen LogP contribution in [0, 0.1) is 11.5 Å². The van der Waals surface area contributed by atoms with Crippen LogP contribution in [0.4, 0.5) is 34.1 Å². The van der Waals surface area contributed by atoms with Gasteiger partial charge in [0, 0.05) is 44.9 Å². The Kier molecular flexibility index (Phi) is 10.4. The number of anilines is 6. The van der Waals surface area contributed by atoms with Gasteiger partial charge in [-0.05, 0) is 142 Å². The lowest BCUT2D eigenvalue weighted by Gasteiger charge is -2.26. The quantitative estimate of drug-likeness (QED) is 0.138. The molecule has 0 amide bonds. The second kappa shape index (κ2) is 17.3. The number of nitriles is 1. The lowest BCUT2D eigenvalue weighted by molar-refractivity contribution is 1.04. The fraction of sp³-hybridized carbons (Fsp3) is 0.0328. The summed E-state index contributed by atoms with van der Waals surface area (Å²) in [5, 5.41) is 12.7. The molecule has 4 nitrogen and oxygen atoms in total. The summed E-state index contributed by atoms with van der Waals surface area (Å²) in [5.74, 6) is 0. The van der Waals surface area contributed by atoms with Gasteiger partial charge in [-0.15, -0.1) is 0 Å². The molecule has 0 spiro atoms. The molecule has 0 saturated carbocycles. The normalized spacial score (nSPS) is 12.2. The maximum atomic E-state index is 10.7. The second-order valence-electron chi connectivity index (χ2n) is 16.4. The van der Waals surface area contributed by atoms with E-state index in [0.717, 1.165) is 85.5 Å². The van der Waals surface area contributed by atoms with E-state index >= 15 is 0 Å². The van der Waals surface area contributed by atoms with Crippen LogP contribution in [0.1, 0.15) is 18.4 Å². The van der Waals surface area contributed by atoms with Gasteiger partial charge < -0.3 is 9.80 Å². The molecule has 0 fully saturated rings. The molecule has 0 atom stereocenters. The van der Waals surface area contributed by atoms with Crippen LogP contribution >= 0.6 is 0 Å². The first-order valence-electron chi connectivity index (χ1n) is 22.2. The monoisotopic (exact) mass is 832 g/mol. The second-order valence-corrected chi connectivity index (χ2v) is 16.4. The van der Waals surface area contributed by atoms with Crippen molar-refractivity contribution < 1.29 is 0 Å². The number of aromatic nitrogens is 1. The molecular weight excluding hydrogens is 789 g/mol. The summed E-state index contributed by atoms with van der Waals surface area (Å²) in [7, 11) is 0. The molecule has 0 unspecified atom stereocenters. The molecule has 1 aromatic heterocycles. The van der Waals surface area contributed by atoms with Gasteiger partial charge in [0.25, 0.3) is 0 Å². The topological polar surface area (TPSA) is 35.2 Å². The maximum Gasteiger partial charge on any atom is 0.189 e. The van der Waals surface area contributed by atoms with Crippen LogP contribution in [0.2, 0.25) is 0 Å². The number of fused-ring (bicyclic) bond motifs is 3. The molecule has 9 aromatic carbocycles. The van der Waals surface area contributed by atoms with Gasteiger partial charge in [-0.2, -0.15) is 5.26 Å². The van der Waals surface area contributed by atoms with Gasteiger partial charge in [0.2, 0.25) is 0 Å². The van der Waals surface area contributed by atoms with E-state index in [2.05, 4.69) is 247 Å². The van der Waals surface area contributed by atoms with Gasteiger partial charge in [0.1, 0.15) is 0 Å². The Morgan fingerprint density at radius 2 is 0.692 bits per heavy atom. The third-order valence-electron chi connectivity index (χ3n) is 12.5. The number of hydrogen-bond donors (Lipinski definition) is 0. The van der Waals surface area contributed by atoms with E-state index in [-0.39, 0.29) is 0 Å². The Morgan fingerprint density at radius 1 is 0.354 bits per heavy atom. The molecule has 11 rings (SSSR count). The number of allylic oxidation sites excluding steroid dienone is 4. The summed E-state index contributed by atoms with van der Waals surface area (Å²) in [6, 6.07) is 79.6. The zero-order valence-corrected chi connectivity index (χ0v) is 35.8. The summed E-state index contributed by atoms with van der Waals surface area (Å²) >= 11 is 0. The average molecular weight is 833 g/mol. The van der Waals surface area contributed by atoms with Crippen LogP contribution in [0.3, 0.4) is 0 Å². The molecule has 10 aromatic rings. The predicted molar refractivity (Wildman–Crippen MR) is 272 cm³/mol. The Balaban J connectivity index is 1.04. The largest absolute Gasteiger partial charge is 0.310 e. The minimum Gasteiger partial charge on any atom is -0.310 e. The van der Waals surface area contributed by atoms with Crippen molar-refractivity contribution in [3.05, 3.63) is 248 Å². The van der Waals surface area contributed by atoms with Gasteiger partial charge in [0.05, 0.1) is 11.0 Å². The highest BCUT2D eigenvalue weighted by Gasteiger charge is 2.20. The fourth-order valence-electron chi connectivity index (χ4n) is 9.21. The molecule has 1 aliphatic rings. The number of hydrogen-bond acceptors (Lipinski definition) is 3. The average Bonchev–Trinajstić information content (AvgIpc) is 3.70. The van der Waals surface area contributed by atoms with Crippen LogP contribution in [-0.4, -0.2) is 4.57 Å². The van der Waals surface area contributed by atoms with Crippen molar-refractivity contribution in [2.45, 2.75) is 12.8 Å². The first kappa shape index (κ1) is 39.2. The third kappa shape index (κ3) is 7.67. The van der Waals surface area contributed by atoms with Crippen LogP contribution in [0.15, 0.2) is 243 Å². The van der Waals surface area contributed by atoms with E-state index in [0.29, 0.717) is 0 Å². The number of rotatable bonds is 10. The van der Waals surface area contributed by atoms with E-state index in [1.54, 1.807) is 4.57 Å². The summed E-state index contributed by atoms with van der Waals surface area (Å²) in [6.45, 7) is 0. The molecule has 65 heavy (non-hydrogen) atoms. The SMILES string of the molecule is N#Cn1c2ccc(N(c3ccc(C4=CCCC=C4)cc3)c3ccc(-c4ccccc4)cc3)cc2c2cc(N(c3ccc(-c4ccccc4)cc3)c3ccc(-c4ccccc4)cc3)ccc21. The van der Waals surface area contributed by atoms with Crippen LogP contribution < -0.4 is 9.80 Å². The van der Waals surface area contributed by atoms with E-state index in [1.165, 1.54) is 27.8 Å². The molecule has 0 saturated heterocycles. The van der Waals surface area contributed by atoms with Crippen molar-refractivity contribution in [3.63, 3.8) is 0 Å². The van der Waals surface area contributed by atoms with Gasteiger partial charge in [0.15, 0.2) is 6.19 Å². The fourth-order valence-corrected chi connectivity index (χ4v) is 9.21. The van der Waals surface area contributed by atoms with E-state index in [1.807, 2.05) is 12.1 Å². The Bertz CT molecular complexity index is 3300. The molecule has 0 N–H and O–H groups in total. The summed E-state index contributed by atoms with van der Waals surface area (Å²) in [5.41, 5.74) is 17.4. The lowest BCUT2D eigenvalue weighted by atomic mass is 9.99. The molecule has 4 heteroatoms. The molecule has 0 aliphatic heterocycles. The van der Waals surface area contributed by atoms with E-state index in [9.17, 15) is 5.26 Å². The highest BCUT2D eigenvalue weighted by Crippen LogP contribution is 2.43. The predicted octanol–water partition coefficient (Wildman–Crippen LogP) is 16.8. The minimum absolute atomic E-state index is 0.860. The van der Waals surface area contributed by atoms with Gasteiger partial charge in [-0.25, -0.2) is 4.57 Å². The van der Waals surface area contributed by atoms with Crippen molar-refractivity contribution in [2.75, 3.05) is 9.80 Å². The minimum atomic E-state index is 0.860. The first-order chi connectivity index (χ1) is 32.2. The molecule has 0 radical (unpaired) electrons. The highest BCUT2D eigenvalue weighted by molar-refractivity contribution is 6.11. The molecule has 1 aliphatic carbocycles. The summed E-state index contributed by atoms with van der Waals surface area (Å²) in [4.78, 5) is 4.62. The van der Waals surface area contributed by atoms with Gasteiger partial charge >= 0.3 is 0 Å².